The standard InChI is InChI=1S/C8H15F2NO2.ClH/c1-7(2,3)8(11,6(12)13)4-5(9)10;/h5H,4,11H2,1-3H3,(H,12,13);1H/t8-;/m1./s1. The van der Waals surface area contributed by atoms with Crippen molar-refractivity contribution in [2.75, 3.05) is 0 Å². The molecule has 0 amide bonds. The van der Waals surface area contributed by atoms with Crippen LogP contribution in [0.4, 0.5) is 8.78 Å². The highest BCUT2D eigenvalue weighted by atomic mass is 35.5. The Balaban J connectivity index is 0. The Bertz CT molecular complexity index is 206. The molecule has 0 aromatic carbocycles. The van der Waals surface area contributed by atoms with Crippen molar-refractivity contribution < 1.29 is 18.7 Å². The lowest BCUT2D eigenvalue weighted by Gasteiger charge is -2.37. The molecule has 0 bridgehead atoms. The molecule has 14 heavy (non-hydrogen) atoms. The average molecular weight is 232 g/mol. The average Bonchev–Trinajstić information content (AvgIpc) is 1.82. The Morgan fingerprint density at radius 3 is 1.86 bits per heavy atom. The third-order valence-electron chi connectivity index (χ3n) is 2.20. The van der Waals surface area contributed by atoms with Gasteiger partial charge >= 0.3 is 5.97 Å². The maximum Gasteiger partial charge on any atom is 0.324 e. The number of carboxylic acids is 1. The van der Waals surface area contributed by atoms with Crippen LogP contribution in [-0.4, -0.2) is 23.0 Å². The van der Waals surface area contributed by atoms with E-state index in [4.69, 9.17) is 10.8 Å². The smallest absolute Gasteiger partial charge is 0.324 e. The Morgan fingerprint density at radius 1 is 1.43 bits per heavy atom. The van der Waals surface area contributed by atoms with Crippen LogP contribution in [0.2, 0.25) is 0 Å². The summed E-state index contributed by atoms with van der Waals surface area (Å²) in [4.78, 5) is 10.7. The van der Waals surface area contributed by atoms with Gasteiger partial charge in [0.2, 0.25) is 6.43 Å². The zero-order valence-electron chi connectivity index (χ0n) is 8.38. The van der Waals surface area contributed by atoms with Gasteiger partial charge in [-0.25, -0.2) is 8.78 Å². The SMILES string of the molecule is CC(C)(C)[C@@](N)(CC(F)F)C(=O)O.Cl. The lowest BCUT2D eigenvalue weighted by Crippen LogP contribution is -2.58. The van der Waals surface area contributed by atoms with Crippen LogP contribution in [0.5, 0.6) is 0 Å². The van der Waals surface area contributed by atoms with Crippen LogP contribution >= 0.6 is 12.4 Å². The molecule has 0 aliphatic rings. The fourth-order valence-electron chi connectivity index (χ4n) is 0.958. The molecule has 86 valence electrons. The second kappa shape index (κ2) is 4.89. The second-order valence-electron chi connectivity index (χ2n) is 4.12. The van der Waals surface area contributed by atoms with Crippen molar-refractivity contribution in [3.8, 4) is 0 Å². The van der Waals surface area contributed by atoms with Crippen molar-refractivity contribution >= 4 is 18.4 Å². The van der Waals surface area contributed by atoms with E-state index in [1.807, 2.05) is 0 Å². The minimum Gasteiger partial charge on any atom is -0.480 e. The molecule has 0 saturated heterocycles. The summed E-state index contributed by atoms with van der Waals surface area (Å²) in [5.74, 6) is -1.39. The van der Waals surface area contributed by atoms with Gasteiger partial charge < -0.3 is 10.8 Å². The van der Waals surface area contributed by atoms with Gasteiger partial charge in [-0.2, -0.15) is 0 Å². The number of rotatable bonds is 3. The molecule has 3 N–H and O–H groups in total. The number of hydrogen-bond acceptors (Lipinski definition) is 2. The summed E-state index contributed by atoms with van der Waals surface area (Å²) >= 11 is 0. The normalized spacial score (nSPS) is 15.9. The molecular weight excluding hydrogens is 216 g/mol. The molecule has 0 aliphatic carbocycles. The van der Waals surface area contributed by atoms with Gasteiger partial charge in [-0.05, 0) is 5.41 Å². The highest BCUT2D eigenvalue weighted by molar-refractivity contribution is 5.85. The maximum atomic E-state index is 12.1. The van der Waals surface area contributed by atoms with Gasteiger partial charge in [-0.3, -0.25) is 4.79 Å². The first kappa shape index (κ1) is 16.0. The number of halogens is 3. The van der Waals surface area contributed by atoms with Gasteiger partial charge in [-0.15, -0.1) is 12.4 Å². The van der Waals surface area contributed by atoms with Crippen molar-refractivity contribution in [1.29, 1.82) is 0 Å². The van der Waals surface area contributed by atoms with Gasteiger partial charge in [0.25, 0.3) is 0 Å². The van der Waals surface area contributed by atoms with Gasteiger partial charge in [0, 0.05) is 6.42 Å². The summed E-state index contributed by atoms with van der Waals surface area (Å²) in [6.07, 6.45) is -3.54. The lowest BCUT2D eigenvalue weighted by molar-refractivity contribution is -0.150. The Morgan fingerprint density at radius 2 is 1.79 bits per heavy atom. The monoisotopic (exact) mass is 231 g/mol. The Kier molecular flexibility index (Phi) is 5.59. The Labute approximate surface area is 88.1 Å². The summed E-state index contributed by atoms with van der Waals surface area (Å²) in [6.45, 7) is 4.59. The fourth-order valence-corrected chi connectivity index (χ4v) is 0.958. The van der Waals surface area contributed by atoms with Crippen LogP contribution in [0.15, 0.2) is 0 Å². The number of aliphatic carboxylic acids is 1. The van der Waals surface area contributed by atoms with Crippen molar-refractivity contribution in [2.24, 2.45) is 11.1 Å². The molecule has 0 aliphatic heterocycles. The van der Waals surface area contributed by atoms with E-state index in [1.165, 1.54) is 20.8 Å². The number of carbonyl (C=O) groups is 1. The topological polar surface area (TPSA) is 63.3 Å². The molecule has 0 rings (SSSR count). The first-order valence-corrected chi connectivity index (χ1v) is 3.91. The van der Waals surface area contributed by atoms with E-state index in [1.54, 1.807) is 0 Å². The predicted molar refractivity (Wildman–Crippen MR) is 51.9 cm³/mol. The molecule has 0 spiro atoms. The predicted octanol–water partition coefficient (Wildman–Crippen LogP) is 1.89. The van der Waals surface area contributed by atoms with Crippen molar-refractivity contribution in [2.45, 2.75) is 39.2 Å². The van der Waals surface area contributed by atoms with Crippen LogP contribution in [0.1, 0.15) is 27.2 Å². The van der Waals surface area contributed by atoms with Crippen molar-refractivity contribution in [3.63, 3.8) is 0 Å². The first-order chi connectivity index (χ1) is 5.61. The highest BCUT2D eigenvalue weighted by Gasteiger charge is 2.47. The van der Waals surface area contributed by atoms with E-state index < -0.39 is 29.8 Å². The van der Waals surface area contributed by atoms with E-state index in [9.17, 15) is 13.6 Å². The van der Waals surface area contributed by atoms with Crippen LogP contribution in [0.25, 0.3) is 0 Å². The minimum absolute atomic E-state index is 0. The molecule has 0 aromatic rings. The van der Waals surface area contributed by atoms with Gasteiger partial charge in [0.15, 0.2) is 0 Å². The third-order valence-corrected chi connectivity index (χ3v) is 2.20. The molecule has 0 fully saturated rings. The van der Waals surface area contributed by atoms with Gasteiger partial charge in [-0.1, -0.05) is 20.8 Å². The number of hydrogen-bond donors (Lipinski definition) is 2. The molecule has 1 atom stereocenters. The number of carboxylic acid groups (broad SMARTS) is 1. The molecule has 3 nitrogen and oxygen atoms in total. The highest BCUT2D eigenvalue weighted by Crippen LogP contribution is 2.33. The van der Waals surface area contributed by atoms with Gasteiger partial charge in [0.05, 0.1) is 0 Å². The van der Waals surface area contributed by atoms with E-state index in [-0.39, 0.29) is 12.4 Å². The van der Waals surface area contributed by atoms with E-state index in [0.29, 0.717) is 0 Å². The lowest BCUT2D eigenvalue weighted by atomic mass is 9.72. The minimum atomic E-state index is -2.71. The van der Waals surface area contributed by atoms with Crippen LogP contribution in [-0.2, 0) is 4.79 Å². The first-order valence-electron chi connectivity index (χ1n) is 3.91. The van der Waals surface area contributed by atoms with Crippen molar-refractivity contribution in [3.05, 3.63) is 0 Å². The van der Waals surface area contributed by atoms with Gasteiger partial charge in [0.1, 0.15) is 5.54 Å². The largest absolute Gasteiger partial charge is 0.480 e. The Hall–Kier alpha value is -0.420. The summed E-state index contributed by atoms with van der Waals surface area (Å²) in [5, 5.41) is 8.76. The fraction of sp³-hybridized carbons (Fsp3) is 0.875. The number of alkyl halides is 2. The third kappa shape index (κ3) is 3.38. The molecule has 0 saturated carbocycles. The van der Waals surface area contributed by atoms with Crippen LogP contribution < -0.4 is 5.73 Å². The molecule has 0 heterocycles. The zero-order chi connectivity index (χ0) is 10.9. The van der Waals surface area contributed by atoms with Crippen LogP contribution in [0, 0.1) is 5.41 Å². The molecule has 0 unspecified atom stereocenters. The zero-order valence-corrected chi connectivity index (χ0v) is 9.20. The molecule has 0 aromatic heterocycles. The number of nitrogens with two attached hydrogens (primary N) is 1. The quantitative estimate of drug-likeness (QED) is 0.780. The molecular formula is C8H16ClF2NO2. The summed E-state index contributed by atoms with van der Waals surface area (Å²) in [5.41, 5.74) is 2.67. The summed E-state index contributed by atoms with van der Waals surface area (Å²) in [7, 11) is 0. The van der Waals surface area contributed by atoms with Crippen LogP contribution in [0.3, 0.4) is 0 Å². The molecule has 6 heteroatoms. The molecule has 0 radical (unpaired) electrons. The van der Waals surface area contributed by atoms with Crippen molar-refractivity contribution in [1.82, 2.24) is 0 Å². The maximum absolute atomic E-state index is 12.1. The van der Waals surface area contributed by atoms with E-state index >= 15 is 0 Å². The summed E-state index contributed by atoms with van der Waals surface area (Å²) < 4.78 is 24.2. The van der Waals surface area contributed by atoms with E-state index in [2.05, 4.69) is 0 Å². The summed E-state index contributed by atoms with van der Waals surface area (Å²) in [6, 6.07) is 0. The second-order valence-corrected chi connectivity index (χ2v) is 4.12. The van der Waals surface area contributed by atoms with E-state index in [0.717, 1.165) is 0 Å².